The van der Waals surface area contributed by atoms with Gasteiger partial charge in [0.1, 0.15) is 0 Å². The van der Waals surface area contributed by atoms with E-state index >= 15 is 0 Å². The smallest absolute Gasteiger partial charge is 0.339 e. The van der Waals surface area contributed by atoms with Gasteiger partial charge in [0.25, 0.3) is 0 Å². The molecule has 0 aromatic heterocycles. The van der Waals surface area contributed by atoms with E-state index in [2.05, 4.69) is 72.5 Å². The van der Waals surface area contributed by atoms with Crippen LogP contribution in [0.25, 0.3) is 0 Å². The lowest BCUT2D eigenvalue weighted by Crippen LogP contribution is -2.40. The monoisotopic (exact) mass is 439 g/mol. The summed E-state index contributed by atoms with van der Waals surface area (Å²) in [5, 5.41) is 0. The summed E-state index contributed by atoms with van der Waals surface area (Å²) in [6.07, 6.45) is 6.41. The summed E-state index contributed by atoms with van der Waals surface area (Å²) in [5.41, 5.74) is 0.0270. The van der Waals surface area contributed by atoms with Crippen LogP contribution in [-0.4, -0.2) is 11.6 Å². The minimum atomic E-state index is -0.566. The molecule has 0 saturated heterocycles. The van der Waals surface area contributed by atoms with E-state index in [0.717, 1.165) is 19.3 Å². The van der Waals surface area contributed by atoms with Crippen LogP contribution < -0.4 is 0 Å². The quantitative estimate of drug-likeness (QED) is 0.252. The van der Waals surface area contributed by atoms with Gasteiger partial charge in [-0.1, -0.05) is 54.7 Å². The maximum absolute atomic E-state index is 12.9. The molecule has 0 aliphatic heterocycles. The van der Waals surface area contributed by atoms with Gasteiger partial charge in [-0.2, -0.15) is 0 Å². The highest BCUT2D eigenvalue weighted by molar-refractivity contribution is 7.97. The van der Waals surface area contributed by atoms with Gasteiger partial charge in [-0.3, -0.25) is 0 Å². The Morgan fingerprint density at radius 3 is 1.81 bits per heavy atom. The lowest BCUT2D eigenvalue weighted by Gasteiger charge is -2.36. The molecule has 160 valence electrons. The summed E-state index contributed by atoms with van der Waals surface area (Å²) < 4.78 is 5.94. The Morgan fingerprint density at radius 2 is 1.34 bits per heavy atom. The molecular weight excluding hydrogens is 412 g/mol. The van der Waals surface area contributed by atoms with Crippen molar-refractivity contribution in [3.8, 4) is 11.8 Å². The predicted molar refractivity (Wildman–Crippen MR) is 129 cm³/mol. The molecule has 3 aromatic rings. The zero-order valence-electron chi connectivity index (χ0n) is 18.1. The average Bonchev–Trinajstić information content (AvgIpc) is 2.78. The molecule has 0 unspecified atom stereocenters. The Morgan fingerprint density at radius 1 is 0.781 bits per heavy atom. The van der Waals surface area contributed by atoms with Crippen molar-refractivity contribution in [2.45, 2.75) is 58.8 Å². The molecule has 2 aliphatic rings. The molecule has 3 heteroatoms. The van der Waals surface area contributed by atoms with E-state index in [1.807, 2.05) is 24.3 Å². The minimum absolute atomic E-state index is 0.223. The topological polar surface area (TPSA) is 26.3 Å². The first-order valence-electron chi connectivity index (χ1n) is 11.4. The first-order chi connectivity index (χ1) is 15.7. The summed E-state index contributed by atoms with van der Waals surface area (Å²) in [6.45, 7) is 0. The normalized spacial score (nSPS) is 16.9. The number of benzene rings is 3. The van der Waals surface area contributed by atoms with Crippen LogP contribution in [0.2, 0.25) is 0 Å². The third kappa shape index (κ3) is 4.47. The van der Waals surface area contributed by atoms with Crippen LogP contribution >= 0.6 is 0 Å². The third-order valence-corrected chi connectivity index (χ3v) is 8.57. The second kappa shape index (κ2) is 9.27. The zero-order valence-corrected chi connectivity index (χ0v) is 18.9. The van der Waals surface area contributed by atoms with Gasteiger partial charge in [-0.15, -0.1) is 0 Å². The standard InChI is InChI=1S/C29H27O2S/c30-28(31-29(20-8-21-29)22-19-23-9-7-10-23)24-15-17-27(18-16-24)32(25-11-3-1-4-12-25)26-13-5-2-6-14-26/h1-6,11-18,23H,7-10,20-21H2/q+1. The SMILES string of the molecule is O=C(OC1(C#CC2CCC2)CCC1)c1ccc([S+](c2ccccc2)c2ccccc2)cc1. The number of hydrogen-bond donors (Lipinski definition) is 0. The van der Waals surface area contributed by atoms with Crippen molar-refractivity contribution < 1.29 is 9.53 Å². The molecule has 32 heavy (non-hydrogen) atoms. The first-order valence-corrected chi connectivity index (χ1v) is 12.7. The fraction of sp³-hybridized carbons (Fsp3) is 0.276. The Balaban J connectivity index is 1.36. The van der Waals surface area contributed by atoms with E-state index in [-0.39, 0.29) is 16.9 Å². The fourth-order valence-electron chi connectivity index (χ4n) is 4.02. The van der Waals surface area contributed by atoms with Crippen LogP contribution in [0.5, 0.6) is 0 Å². The summed E-state index contributed by atoms with van der Waals surface area (Å²) in [4.78, 5) is 16.6. The molecule has 2 fully saturated rings. The number of hydrogen-bond acceptors (Lipinski definition) is 2. The summed E-state index contributed by atoms with van der Waals surface area (Å²) in [5.74, 6) is 6.90. The highest BCUT2D eigenvalue weighted by Gasteiger charge is 2.40. The van der Waals surface area contributed by atoms with Crippen LogP contribution in [0.15, 0.2) is 99.6 Å². The zero-order chi connectivity index (χ0) is 21.8. The van der Waals surface area contributed by atoms with E-state index in [0.29, 0.717) is 11.5 Å². The van der Waals surface area contributed by atoms with Crippen LogP contribution in [-0.2, 0) is 15.6 Å². The molecule has 0 bridgehead atoms. The molecule has 0 heterocycles. The van der Waals surface area contributed by atoms with Crippen molar-refractivity contribution in [1.29, 1.82) is 0 Å². The molecule has 0 radical (unpaired) electrons. The molecule has 2 nitrogen and oxygen atoms in total. The summed E-state index contributed by atoms with van der Waals surface area (Å²) in [7, 11) is -0.223. The Hall–Kier alpha value is -2.96. The Kier molecular flexibility index (Phi) is 6.06. The van der Waals surface area contributed by atoms with E-state index in [1.54, 1.807) is 0 Å². The second-order valence-electron chi connectivity index (χ2n) is 8.59. The molecule has 0 spiro atoms. The lowest BCUT2D eigenvalue weighted by molar-refractivity contribution is -0.0260. The number of rotatable bonds is 5. The fourth-order valence-corrected chi connectivity index (χ4v) is 6.10. The van der Waals surface area contributed by atoms with E-state index in [4.69, 9.17) is 4.74 Å². The van der Waals surface area contributed by atoms with Gasteiger partial charge in [0.2, 0.25) is 0 Å². The molecule has 2 saturated carbocycles. The highest BCUT2D eigenvalue weighted by Crippen LogP contribution is 2.37. The Bertz CT molecular complexity index is 1080. The van der Waals surface area contributed by atoms with Crippen LogP contribution in [0.3, 0.4) is 0 Å². The Labute approximate surface area is 193 Å². The number of carbonyl (C=O) groups excluding carboxylic acids is 1. The number of esters is 1. The van der Waals surface area contributed by atoms with Crippen molar-refractivity contribution in [3.05, 3.63) is 90.5 Å². The van der Waals surface area contributed by atoms with E-state index < -0.39 is 5.60 Å². The van der Waals surface area contributed by atoms with Crippen molar-refractivity contribution in [2.24, 2.45) is 5.92 Å². The van der Waals surface area contributed by atoms with Crippen LogP contribution in [0.1, 0.15) is 48.9 Å². The van der Waals surface area contributed by atoms with Gasteiger partial charge in [0.15, 0.2) is 20.3 Å². The second-order valence-corrected chi connectivity index (χ2v) is 10.6. The molecule has 5 rings (SSSR count). The number of ether oxygens (including phenoxy) is 1. The maximum atomic E-state index is 12.9. The number of carbonyl (C=O) groups is 1. The average molecular weight is 440 g/mol. The molecular formula is C29H27O2S+. The van der Waals surface area contributed by atoms with Crippen molar-refractivity contribution in [1.82, 2.24) is 0 Å². The molecule has 0 atom stereocenters. The van der Waals surface area contributed by atoms with Crippen LogP contribution in [0, 0.1) is 17.8 Å². The van der Waals surface area contributed by atoms with E-state index in [9.17, 15) is 4.79 Å². The molecule has 0 N–H and O–H groups in total. The lowest BCUT2D eigenvalue weighted by atomic mass is 9.78. The molecule has 3 aromatic carbocycles. The summed E-state index contributed by atoms with van der Waals surface area (Å²) >= 11 is 0. The van der Waals surface area contributed by atoms with Gasteiger partial charge in [-0.25, -0.2) is 4.79 Å². The van der Waals surface area contributed by atoms with Crippen molar-refractivity contribution >= 4 is 16.9 Å². The molecule has 2 aliphatic carbocycles. The van der Waals surface area contributed by atoms with Gasteiger partial charge in [-0.05, 0) is 80.6 Å². The van der Waals surface area contributed by atoms with Gasteiger partial charge in [0.05, 0.1) is 16.5 Å². The van der Waals surface area contributed by atoms with E-state index in [1.165, 1.54) is 33.9 Å². The minimum Gasteiger partial charge on any atom is -0.442 e. The van der Waals surface area contributed by atoms with Crippen molar-refractivity contribution in [3.63, 3.8) is 0 Å². The third-order valence-electron chi connectivity index (χ3n) is 6.34. The van der Waals surface area contributed by atoms with Gasteiger partial charge in [0, 0.05) is 5.92 Å². The predicted octanol–water partition coefficient (Wildman–Crippen LogP) is 6.67. The largest absolute Gasteiger partial charge is 0.442 e. The van der Waals surface area contributed by atoms with Gasteiger partial charge < -0.3 is 4.74 Å². The van der Waals surface area contributed by atoms with Crippen molar-refractivity contribution in [2.75, 3.05) is 0 Å². The highest BCUT2D eigenvalue weighted by atomic mass is 32.2. The molecule has 0 amide bonds. The summed E-state index contributed by atoms with van der Waals surface area (Å²) in [6, 6.07) is 29.0. The maximum Gasteiger partial charge on any atom is 0.339 e. The van der Waals surface area contributed by atoms with Gasteiger partial charge >= 0.3 is 5.97 Å². The first kappa shape index (κ1) is 20.9. The van der Waals surface area contributed by atoms with Crippen LogP contribution in [0.4, 0.5) is 0 Å².